The normalized spacial score (nSPS) is 30.4. The van der Waals surface area contributed by atoms with Crippen LogP contribution >= 0.6 is 0 Å². The number of carbonyl (C=O) groups excluding carboxylic acids is 1. The van der Waals surface area contributed by atoms with Gasteiger partial charge < -0.3 is 14.8 Å². The smallest absolute Gasteiger partial charge is 0.251 e. The van der Waals surface area contributed by atoms with Gasteiger partial charge in [0.2, 0.25) is 0 Å². The number of nitrogens with one attached hydrogen (secondary N) is 1. The number of pyridine rings is 1. The molecule has 1 aromatic heterocycles. The number of carbonyl (C=O) groups is 1. The van der Waals surface area contributed by atoms with Crippen LogP contribution in [0.1, 0.15) is 29.6 Å². The quantitative estimate of drug-likeness (QED) is 0.868. The van der Waals surface area contributed by atoms with E-state index in [1.807, 2.05) is 0 Å². The van der Waals surface area contributed by atoms with Crippen molar-refractivity contribution in [3.63, 3.8) is 0 Å². The summed E-state index contributed by atoms with van der Waals surface area (Å²) in [6.45, 7) is 1.35. The van der Waals surface area contributed by atoms with Gasteiger partial charge >= 0.3 is 0 Å². The Labute approximate surface area is 112 Å². The Morgan fingerprint density at radius 2 is 1.89 bits per heavy atom. The number of hydrogen-bond acceptors (Lipinski definition) is 4. The number of amides is 1. The fourth-order valence-corrected chi connectivity index (χ4v) is 2.77. The fourth-order valence-electron chi connectivity index (χ4n) is 2.77. The first-order chi connectivity index (χ1) is 9.33. The van der Waals surface area contributed by atoms with Gasteiger partial charge in [-0.15, -0.1) is 0 Å². The summed E-state index contributed by atoms with van der Waals surface area (Å²) in [7, 11) is 0. The van der Waals surface area contributed by atoms with E-state index in [-0.39, 0.29) is 24.2 Å². The summed E-state index contributed by atoms with van der Waals surface area (Å²) in [5.41, 5.74) is 0.651. The second-order valence-electron chi connectivity index (χ2n) is 5.04. The van der Waals surface area contributed by atoms with Crippen molar-refractivity contribution in [2.75, 3.05) is 13.2 Å². The second kappa shape index (κ2) is 5.67. The maximum Gasteiger partial charge on any atom is 0.251 e. The van der Waals surface area contributed by atoms with Gasteiger partial charge in [0.25, 0.3) is 5.91 Å². The van der Waals surface area contributed by atoms with E-state index in [2.05, 4.69) is 10.3 Å². The van der Waals surface area contributed by atoms with Crippen molar-refractivity contribution in [3.8, 4) is 0 Å². The van der Waals surface area contributed by atoms with E-state index in [4.69, 9.17) is 9.47 Å². The van der Waals surface area contributed by atoms with E-state index in [0.717, 1.165) is 19.3 Å². The Balaban J connectivity index is 1.57. The highest BCUT2D eigenvalue weighted by molar-refractivity contribution is 5.94. The van der Waals surface area contributed by atoms with E-state index in [9.17, 15) is 4.79 Å². The van der Waals surface area contributed by atoms with E-state index >= 15 is 0 Å². The second-order valence-corrected chi connectivity index (χ2v) is 5.04. The molecule has 1 amide bonds. The predicted octanol–water partition coefficient (Wildman–Crippen LogP) is 1.15. The van der Waals surface area contributed by atoms with Gasteiger partial charge in [0.1, 0.15) is 0 Å². The molecule has 0 aromatic carbocycles. The third-order valence-electron chi connectivity index (χ3n) is 3.76. The molecule has 0 radical (unpaired) electrons. The van der Waals surface area contributed by atoms with Crippen LogP contribution in [0.4, 0.5) is 0 Å². The summed E-state index contributed by atoms with van der Waals surface area (Å²) < 4.78 is 11.4. The molecule has 1 N–H and O–H groups in total. The zero-order chi connectivity index (χ0) is 13.1. The summed E-state index contributed by atoms with van der Waals surface area (Å²) in [5, 5.41) is 3.07. The predicted molar refractivity (Wildman–Crippen MR) is 68.8 cm³/mol. The molecule has 1 aliphatic carbocycles. The summed E-state index contributed by atoms with van der Waals surface area (Å²) in [5.74, 6) is -0.0393. The van der Waals surface area contributed by atoms with Crippen LogP contribution < -0.4 is 5.32 Å². The topological polar surface area (TPSA) is 60.5 Å². The standard InChI is InChI=1S/C14H18N2O3/c17-14(10-3-5-15-6-4-10)16-11-1-2-12-13(9-11)19-8-7-18-12/h3-6,11-13H,1-2,7-9H2,(H,16,17)/t11-,12+,13-/m1/s1. The largest absolute Gasteiger partial charge is 0.373 e. The van der Waals surface area contributed by atoms with Gasteiger partial charge in [-0.3, -0.25) is 9.78 Å². The first-order valence-corrected chi connectivity index (χ1v) is 6.77. The number of nitrogens with zero attached hydrogens (tertiary/aromatic N) is 1. The van der Waals surface area contributed by atoms with Crippen molar-refractivity contribution in [3.05, 3.63) is 30.1 Å². The van der Waals surface area contributed by atoms with Crippen LogP contribution in [0, 0.1) is 0 Å². The van der Waals surface area contributed by atoms with Gasteiger partial charge in [0.05, 0.1) is 25.4 Å². The van der Waals surface area contributed by atoms with Crippen LogP contribution in [0.25, 0.3) is 0 Å². The summed E-state index contributed by atoms with van der Waals surface area (Å²) >= 11 is 0. The lowest BCUT2D eigenvalue weighted by molar-refractivity contribution is -0.157. The van der Waals surface area contributed by atoms with Crippen molar-refractivity contribution in [2.45, 2.75) is 37.5 Å². The summed E-state index contributed by atoms with van der Waals surface area (Å²) in [4.78, 5) is 16.0. The van der Waals surface area contributed by atoms with Crippen LogP contribution in [-0.2, 0) is 9.47 Å². The van der Waals surface area contributed by atoms with Crippen molar-refractivity contribution < 1.29 is 14.3 Å². The number of fused-ring (bicyclic) bond motifs is 1. The monoisotopic (exact) mass is 262 g/mol. The van der Waals surface area contributed by atoms with Crippen LogP contribution in [0.15, 0.2) is 24.5 Å². The molecule has 1 aromatic rings. The molecular weight excluding hydrogens is 244 g/mol. The molecule has 1 saturated carbocycles. The van der Waals surface area contributed by atoms with E-state index in [1.165, 1.54) is 0 Å². The molecule has 2 fully saturated rings. The van der Waals surface area contributed by atoms with Crippen LogP contribution in [0.2, 0.25) is 0 Å². The van der Waals surface area contributed by atoms with Crippen molar-refractivity contribution in [1.29, 1.82) is 0 Å². The van der Waals surface area contributed by atoms with Crippen molar-refractivity contribution in [2.24, 2.45) is 0 Å². The molecule has 5 heteroatoms. The third kappa shape index (κ3) is 2.93. The molecule has 0 unspecified atom stereocenters. The molecule has 102 valence electrons. The minimum Gasteiger partial charge on any atom is -0.373 e. The molecule has 19 heavy (non-hydrogen) atoms. The Kier molecular flexibility index (Phi) is 3.75. The molecular formula is C14H18N2O3. The van der Waals surface area contributed by atoms with E-state index in [1.54, 1.807) is 24.5 Å². The Bertz CT molecular complexity index is 438. The zero-order valence-electron chi connectivity index (χ0n) is 10.7. The minimum atomic E-state index is -0.0393. The average Bonchev–Trinajstić information content (AvgIpc) is 2.48. The molecule has 3 rings (SSSR count). The number of ether oxygens (including phenoxy) is 2. The Morgan fingerprint density at radius 3 is 2.68 bits per heavy atom. The third-order valence-corrected chi connectivity index (χ3v) is 3.76. The first kappa shape index (κ1) is 12.6. The highest BCUT2D eigenvalue weighted by Gasteiger charge is 2.34. The number of aromatic nitrogens is 1. The van der Waals surface area contributed by atoms with Gasteiger partial charge in [-0.25, -0.2) is 0 Å². The van der Waals surface area contributed by atoms with E-state index < -0.39 is 0 Å². The van der Waals surface area contributed by atoms with Gasteiger partial charge in [0, 0.05) is 24.0 Å². The van der Waals surface area contributed by atoms with Crippen LogP contribution in [0.3, 0.4) is 0 Å². The Hall–Kier alpha value is -1.46. The molecule has 2 aliphatic rings. The molecule has 2 heterocycles. The zero-order valence-corrected chi connectivity index (χ0v) is 10.7. The molecule has 1 saturated heterocycles. The molecule has 5 nitrogen and oxygen atoms in total. The fraction of sp³-hybridized carbons (Fsp3) is 0.571. The molecule has 1 aliphatic heterocycles. The van der Waals surface area contributed by atoms with Crippen LogP contribution in [0.5, 0.6) is 0 Å². The van der Waals surface area contributed by atoms with Crippen molar-refractivity contribution in [1.82, 2.24) is 10.3 Å². The van der Waals surface area contributed by atoms with E-state index in [0.29, 0.717) is 18.8 Å². The van der Waals surface area contributed by atoms with Crippen molar-refractivity contribution >= 4 is 5.91 Å². The highest BCUT2D eigenvalue weighted by atomic mass is 16.6. The number of hydrogen-bond donors (Lipinski definition) is 1. The maximum absolute atomic E-state index is 12.1. The summed E-state index contributed by atoms with van der Waals surface area (Å²) in [6.07, 6.45) is 6.33. The average molecular weight is 262 g/mol. The summed E-state index contributed by atoms with van der Waals surface area (Å²) in [6, 6.07) is 3.62. The maximum atomic E-state index is 12.1. The minimum absolute atomic E-state index is 0.0393. The van der Waals surface area contributed by atoms with Gasteiger partial charge in [-0.2, -0.15) is 0 Å². The molecule has 0 spiro atoms. The lowest BCUT2D eigenvalue weighted by Gasteiger charge is -2.39. The van der Waals surface area contributed by atoms with Gasteiger partial charge in [-0.1, -0.05) is 0 Å². The lowest BCUT2D eigenvalue weighted by Crippen LogP contribution is -2.49. The number of rotatable bonds is 2. The highest BCUT2D eigenvalue weighted by Crippen LogP contribution is 2.26. The lowest BCUT2D eigenvalue weighted by atomic mass is 9.89. The van der Waals surface area contributed by atoms with Gasteiger partial charge in [0.15, 0.2) is 0 Å². The SMILES string of the molecule is O=C(N[C@@H]1CC[C@@H]2OCCO[C@@H]2C1)c1ccncc1. The van der Waals surface area contributed by atoms with Gasteiger partial charge in [-0.05, 0) is 31.4 Å². The molecule has 3 atom stereocenters. The van der Waals surface area contributed by atoms with Crippen LogP contribution in [-0.4, -0.2) is 42.4 Å². The molecule has 0 bridgehead atoms. The first-order valence-electron chi connectivity index (χ1n) is 6.77. The Morgan fingerprint density at radius 1 is 1.16 bits per heavy atom.